The SMILES string of the molecule is O=c1c2c([nH]n1-c1c(Cl)cc(C(F)(F)F)cc1Cl)CSC2. The summed E-state index contributed by atoms with van der Waals surface area (Å²) in [6, 6.07) is 1.52. The Morgan fingerprint density at radius 3 is 2.33 bits per heavy atom. The predicted molar refractivity (Wildman–Crippen MR) is 76.4 cm³/mol. The Kier molecular flexibility index (Phi) is 3.54. The Labute approximate surface area is 131 Å². The van der Waals surface area contributed by atoms with E-state index < -0.39 is 11.7 Å². The van der Waals surface area contributed by atoms with E-state index in [0.29, 0.717) is 17.1 Å². The Morgan fingerprint density at radius 2 is 1.81 bits per heavy atom. The average Bonchev–Trinajstić information content (AvgIpc) is 2.92. The molecule has 1 aliphatic rings. The molecule has 1 aromatic heterocycles. The van der Waals surface area contributed by atoms with Crippen molar-refractivity contribution in [2.24, 2.45) is 0 Å². The molecule has 9 heteroatoms. The normalized spacial score (nSPS) is 14.5. The summed E-state index contributed by atoms with van der Waals surface area (Å²) in [7, 11) is 0. The highest BCUT2D eigenvalue weighted by Crippen LogP contribution is 2.37. The second-order valence-corrected chi connectivity index (χ2v) is 6.29. The third-order valence-electron chi connectivity index (χ3n) is 3.13. The van der Waals surface area contributed by atoms with Gasteiger partial charge in [0.05, 0.1) is 26.9 Å². The molecule has 0 radical (unpaired) electrons. The first-order chi connectivity index (χ1) is 9.79. The van der Waals surface area contributed by atoms with Crippen LogP contribution in [0.5, 0.6) is 0 Å². The highest BCUT2D eigenvalue weighted by atomic mass is 35.5. The number of aromatic amines is 1. The van der Waals surface area contributed by atoms with Gasteiger partial charge in [0.15, 0.2) is 0 Å². The summed E-state index contributed by atoms with van der Waals surface area (Å²) >= 11 is 13.4. The van der Waals surface area contributed by atoms with Crippen molar-refractivity contribution in [3.05, 3.63) is 49.4 Å². The minimum atomic E-state index is -4.55. The number of aromatic nitrogens is 2. The van der Waals surface area contributed by atoms with Crippen molar-refractivity contribution >= 4 is 35.0 Å². The van der Waals surface area contributed by atoms with Crippen LogP contribution >= 0.6 is 35.0 Å². The molecule has 3 nitrogen and oxygen atoms in total. The van der Waals surface area contributed by atoms with Crippen molar-refractivity contribution in [1.82, 2.24) is 9.78 Å². The first-order valence-corrected chi connectivity index (χ1v) is 7.67. The number of nitrogens with one attached hydrogen (secondary N) is 1. The summed E-state index contributed by atoms with van der Waals surface area (Å²) < 4.78 is 39.2. The van der Waals surface area contributed by atoms with E-state index in [2.05, 4.69) is 5.10 Å². The number of benzene rings is 1. The third-order valence-corrected chi connectivity index (χ3v) is 4.69. The van der Waals surface area contributed by atoms with Gasteiger partial charge in [-0.15, -0.1) is 0 Å². The molecule has 0 aliphatic carbocycles. The number of thioether (sulfide) groups is 1. The zero-order valence-corrected chi connectivity index (χ0v) is 12.6. The fourth-order valence-corrected chi connectivity index (χ4v) is 3.84. The molecule has 112 valence electrons. The molecule has 0 atom stereocenters. The molecule has 1 aromatic carbocycles. The maximum absolute atomic E-state index is 12.7. The molecule has 0 spiro atoms. The summed E-state index contributed by atoms with van der Waals surface area (Å²) in [6.07, 6.45) is -4.55. The second kappa shape index (κ2) is 5.00. The molecule has 0 amide bonds. The number of alkyl halides is 3. The molecule has 2 heterocycles. The van der Waals surface area contributed by atoms with Gasteiger partial charge in [-0.25, -0.2) is 4.68 Å². The van der Waals surface area contributed by atoms with E-state index >= 15 is 0 Å². The molecule has 0 fully saturated rings. The molecule has 3 rings (SSSR count). The van der Waals surface area contributed by atoms with Gasteiger partial charge in [-0.2, -0.15) is 24.9 Å². The third kappa shape index (κ3) is 2.47. The van der Waals surface area contributed by atoms with Crippen LogP contribution in [0.2, 0.25) is 10.0 Å². The maximum Gasteiger partial charge on any atom is 0.416 e. The van der Waals surface area contributed by atoms with E-state index in [-0.39, 0.29) is 21.3 Å². The van der Waals surface area contributed by atoms with Crippen LogP contribution < -0.4 is 5.56 Å². The predicted octanol–water partition coefficient (Wildman–Crippen LogP) is 4.24. The molecule has 2 aromatic rings. The number of fused-ring (bicyclic) bond motifs is 1. The molecular formula is C12H7Cl2F3N2OS. The van der Waals surface area contributed by atoms with Crippen molar-refractivity contribution in [3.63, 3.8) is 0 Å². The molecule has 0 saturated heterocycles. The van der Waals surface area contributed by atoms with Gasteiger partial charge in [0.25, 0.3) is 5.56 Å². The quantitative estimate of drug-likeness (QED) is 0.831. The van der Waals surface area contributed by atoms with Gasteiger partial charge in [-0.05, 0) is 12.1 Å². The lowest BCUT2D eigenvalue weighted by Crippen LogP contribution is -2.18. The second-order valence-electron chi connectivity index (χ2n) is 4.49. The monoisotopic (exact) mass is 354 g/mol. The van der Waals surface area contributed by atoms with E-state index in [9.17, 15) is 18.0 Å². The number of hydrogen-bond acceptors (Lipinski definition) is 2. The van der Waals surface area contributed by atoms with Gasteiger partial charge in [0, 0.05) is 11.5 Å². The lowest BCUT2D eigenvalue weighted by atomic mass is 10.2. The Bertz CT molecular complexity index is 759. The van der Waals surface area contributed by atoms with Gasteiger partial charge in [-0.3, -0.25) is 9.89 Å². The van der Waals surface area contributed by atoms with E-state index in [1.165, 1.54) is 0 Å². The van der Waals surface area contributed by atoms with Crippen LogP contribution in [-0.4, -0.2) is 9.78 Å². The standard InChI is InChI=1S/C12H7Cl2F3N2OS/c13-7-1-5(12(15,16)17)2-8(14)10(7)19-11(20)6-3-21-4-9(6)18-19/h1-2,18H,3-4H2. The van der Waals surface area contributed by atoms with Crippen LogP contribution in [0.25, 0.3) is 5.69 Å². The van der Waals surface area contributed by atoms with Crippen molar-refractivity contribution in [1.29, 1.82) is 0 Å². The first kappa shape index (κ1) is 14.9. The van der Waals surface area contributed by atoms with Crippen LogP contribution in [0.4, 0.5) is 13.2 Å². The molecule has 1 N–H and O–H groups in total. The summed E-state index contributed by atoms with van der Waals surface area (Å²) in [5, 5.41) is 2.39. The summed E-state index contributed by atoms with van der Waals surface area (Å²) in [6.45, 7) is 0. The molecule has 0 saturated carbocycles. The number of H-pyrrole nitrogens is 1. The lowest BCUT2D eigenvalue weighted by molar-refractivity contribution is -0.137. The van der Waals surface area contributed by atoms with Crippen LogP contribution in [0.3, 0.4) is 0 Å². The Balaban J connectivity index is 2.18. The van der Waals surface area contributed by atoms with E-state index in [0.717, 1.165) is 22.5 Å². The van der Waals surface area contributed by atoms with Gasteiger partial charge in [-0.1, -0.05) is 23.2 Å². The molecule has 1 aliphatic heterocycles. The average molecular weight is 355 g/mol. The zero-order valence-electron chi connectivity index (χ0n) is 10.2. The number of nitrogens with zero attached hydrogens (tertiary/aromatic N) is 1. The molecular weight excluding hydrogens is 348 g/mol. The van der Waals surface area contributed by atoms with Crippen molar-refractivity contribution in [2.75, 3.05) is 0 Å². The number of rotatable bonds is 1. The number of hydrogen-bond donors (Lipinski definition) is 1. The first-order valence-electron chi connectivity index (χ1n) is 5.76. The highest BCUT2D eigenvalue weighted by molar-refractivity contribution is 7.98. The minimum absolute atomic E-state index is 0.0377. The maximum atomic E-state index is 12.7. The summed E-state index contributed by atoms with van der Waals surface area (Å²) in [4.78, 5) is 12.2. The fraction of sp³-hybridized carbons (Fsp3) is 0.250. The van der Waals surface area contributed by atoms with Crippen molar-refractivity contribution < 1.29 is 13.2 Å². The molecule has 0 unspecified atom stereocenters. The Morgan fingerprint density at radius 1 is 1.19 bits per heavy atom. The fourth-order valence-electron chi connectivity index (χ4n) is 2.14. The van der Waals surface area contributed by atoms with Crippen LogP contribution in [0.1, 0.15) is 16.8 Å². The van der Waals surface area contributed by atoms with Crippen LogP contribution in [0.15, 0.2) is 16.9 Å². The van der Waals surface area contributed by atoms with Crippen molar-refractivity contribution in [3.8, 4) is 5.69 Å². The van der Waals surface area contributed by atoms with Crippen molar-refractivity contribution in [2.45, 2.75) is 17.7 Å². The Hall–Kier alpha value is -1.05. The van der Waals surface area contributed by atoms with Gasteiger partial charge < -0.3 is 0 Å². The smallest absolute Gasteiger partial charge is 0.294 e. The van der Waals surface area contributed by atoms with E-state index in [1.54, 1.807) is 11.8 Å². The molecule has 21 heavy (non-hydrogen) atoms. The highest BCUT2D eigenvalue weighted by Gasteiger charge is 2.32. The topological polar surface area (TPSA) is 37.8 Å². The summed E-state index contributed by atoms with van der Waals surface area (Å²) in [5.74, 6) is 1.21. The van der Waals surface area contributed by atoms with Gasteiger partial charge in [0.1, 0.15) is 5.69 Å². The van der Waals surface area contributed by atoms with Gasteiger partial charge in [0.2, 0.25) is 0 Å². The van der Waals surface area contributed by atoms with Crippen LogP contribution in [0, 0.1) is 0 Å². The lowest BCUT2D eigenvalue weighted by Gasteiger charge is -2.12. The number of halogens is 5. The minimum Gasteiger partial charge on any atom is -0.294 e. The van der Waals surface area contributed by atoms with E-state index in [4.69, 9.17) is 23.2 Å². The molecule has 0 bridgehead atoms. The zero-order chi connectivity index (χ0) is 15.4. The van der Waals surface area contributed by atoms with E-state index in [1.807, 2.05) is 0 Å². The van der Waals surface area contributed by atoms with Gasteiger partial charge >= 0.3 is 6.18 Å². The summed E-state index contributed by atoms with van der Waals surface area (Å²) in [5.41, 5.74) is 0.0994. The van der Waals surface area contributed by atoms with Crippen LogP contribution in [-0.2, 0) is 17.7 Å². The largest absolute Gasteiger partial charge is 0.416 e.